The Labute approximate surface area is 119 Å². The van der Waals surface area contributed by atoms with Crippen molar-refractivity contribution in [3.05, 3.63) is 28.8 Å². The maximum absolute atomic E-state index is 12.2. The quantitative estimate of drug-likeness (QED) is 0.811. The summed E-state index contributed by atoms with van der Waals surface area (Å²) in [6.45, 7) is 3.99. The van der Waals surface area contributed by atoms with E-state index in [0.29, 0.717) is 19.0 Å². The number of hydrogen-bond donors (Lipinski definition) is 2. The third-order valence-corrected chi connectivity index (χ3v) is 5.03. The van der Waals surface area contributed by atoms with Crippen molar-refractivity contribution in [1.82, 2.24) is 10.0 Å². The fourth-order valence-corrected chi connectivity index (χ4v) is 3.42. The first-order valence-electron chi connectivity index (χ1n) is 6.51. The van der Waals surface area contributed by atoms with E-state index >= 15 is 0 Å². The van der Waals surface area contributed by atoms with Gasteiger partial charge in [0.05, 0.1) is 5.02 Å². The highest BCUT2D eigenvalue weighted by Gasteiger charge is 2.25. The van der Waals surface area contributed by atoms with Gasteiger partial charge < -0.3 is 5.32 Å². The van der Waals surface area contributed by atoms with Gasteiger partial charge in [0.25, 0.3) is 0 Å². The molecule has 6 heteroatoms. The predicted molar refractivity (Wildman–Crippen MR) is 76.7 cm³/mol. The Bertz CT molecular complexity index is 542. The average molecular weight is 303 g/mol. The van der Waals surface area contributed by atoms with E-state index in [9.17, 15) is 8.42 Å². The minimum atomic E-state index is -3.50. The molecule has 106 valence electrons. The maximum atomic E-state index is 12.2. The second-order valence-electron chi connectivity index (χ2n) is 4.84. The molecular formula is C13H19ClN2O2S. The van der Waals surface area contributed by atoms with Crippen LogP contribution in [0.4, 0.5) is 0 Å². The van der Waals surface area contributed by atoms with Crippen molar-refractivity contribution in [2.24, 2.45) is 5.92 Å². The van der Waals surface area contributed by atoms with Crippen LogP contribution in [-0.2, 0) is 16.6 Å². The fourth-order valence-electron chi connectivity index (χ4n) is 1.76. The molecule has 0 radical (unpaired) electrons. The van der Waals surface area contributed by atoms with Crippen molar-refractivity contribution >= 4 is 21.6 Å². The molecule has 2 rings (SSSR count). The zero-order chi connectivity index (χ0) is 13.9. The molecule has 2 N–H and O–H groups in total. The highest BCUT2D eigenvalue weighted by atomic mass is 35.5. The molecule has 0 aliphatic heterocycles. The van der Waals surface area contributed by atoms with E-state index in [2.05, 4.69) is 10.0 Å². The van der Waals surface area contributed by atoms with E-state index in [0.717, 1.165) is 24.9 Å². The van der Waals surface area contributed by atoms with E-state index in [1.165, 1.54) is 0 Å². The molecule has 0 saturated heterocycles. The van der Waals surface area contributed by atoms with Gasteiger partial charge in [0.15, 0.2) is 0 Å². The van der Waals surface area contributed by atoms with Crippen molar-refractivity contribution in [1.29, 1.82) is 0 Å². The SMILES string of the molecule is CCNCc1ccc(Cl)c(S(=O)(=O)NCC2CC2)c1. The number of nitrogens with one attached hydrogen (secondary N) is 2. The number of benzene rings is 1. The van der Waals surface area contributed by atoms with E-state index in [4.69, 9.17) is 11.6 Å². The highest BCUT2D eigenvalue weighted by Crippen LogP contribution is 2.29. The molecule has 1 fully saturated rings. The van der Waals surface area contributed by atoms with Gasteiger partial charge in [-0.25, -0.2) is 13.1 Å². The largest absolute Gasteiger partial charge is 0.313 e. The monoisotopic (exact) mass is 302 g/mol. The predicted octanol–water partition coefficient (Wildman–Crippen LogP) is 2.14. The van der Waals surface area contributed by atoms with E-state index in [1.54, 1.807) is 12.1 Å². The maximum Gasteiger partial charge on any atom is 0.242 e. The molecule has 0 aromatic heterocycles. The third-order valence-electron chi connectivity index (χ3n) is 3.12. The summed E-state index contributed by atoms with van der Waals surface area (Å²) in [6.07, 6.45) is 2.22. The van der Waals surface area contributed by atoms with Gasteiger partial charge in [-0.2, -0.15) is 0 Å². The second-order valence-corrected chi connectivity index (χ2v) is 6.98. The van der Waals surface area contributed by atoms with Crippen LogP contribution >= 0.6 is 11.6 Å². The Kier molecular flexibility index (Phi) is 4.84. The number of hydrogen-bond acceptors (Lipinski definition) is 3. The minimum absolute atomic E-state index is 0.171. The first-order chi connectivity index (χ1) is 9.03. The third kappa shape index (κ3) is 4.18. The lowest BCUT2D eigenvalue weighted by Crippen LogP contribution is -2.26. The van der Waals surface area contributed by atoms with Gasteiger partial charge in [-0.1, -0.05) is 24.6 Å². The van der Waals surface area contributed by atoms with Gasteiger partial charge in [0.2, 0.25) is 10.0 Å². The standard InChI is InChI=1S/C13H19ClN2O2S/c1-2-15-8-11-5-6-12(14)13(7-11)19(17,18)16-9-10-3-4-10/h5-7,10,15-16H,2-4,8-9H2,1H3. The molecule has 0 amide bonds. The van der Waals surface area contributed by atoms with Crippen LogP contribution in [0.1, 0.15) is 25.3 Å². The van der Waals surface area contributed by atoms with Gasteiger partial charge in [-0.15, -0.1) is 0 Å². The first-order valence-corrected chi connectivity index (χ1v) is 8.38. The first kappa shape index (κ1) is 14.8. The number of sulfonamides is 1. The van der Waals surface area contributed by atoms with Crippen LogP contribution < -0.4 is 10.0 Å². The van der Waals surface area contributed by atoms with Gasteiger partial charge in [-0.3, -0.25) is 0 Å². The summed E-state index contributed by atoms with van der Waals surface area (Å²) in [5.74, 6) is 0.499. The number of halogens is 1. The molecule has 0 bridgehead atoms. The molecule has 1 aliphatic carbocycles. The smallest absolute Gasteiger partial charge is 0.242 e. The Morgan fingerprint density at radius 3 is 2.74 bits per heavy atom. The molecule has 1 aliphatic rings. The Morgan fingerprint density at radius 1 is 1.37 bits per heavy atom. The van der Waals surface area contributed by atoms with Gasteiger partial charge in [0.1, 0.15) is 4.90 Å². The lowest BCUT2D eigenvalue weighted by Gasteiger charge is -2.10. The van der Waals surface area contributed by atoms with Crippen LogP contribution in [0.5, 0.6) is 0 Å². The highest BCUT2D eigenvalue weighted by molar-refractivity contribution is 7.89. The van der Waals surface area contributed by atoms with E-state index in [1.807, 2.05) is 13.0 Å². The summed E-state index contributed by atoms with van der Waals surface area (Å²) in [7, 11) is -3.50. The lowest BCUT2D eigenvalue weighted by molar-refractivity contribution is 0.577. The molecule has 0 spiro atoms. The van der Waals surface area contributed by atoms with Crippen molar-refractivity contribution in [3.8, 4) is 0 Å². The Balaban J connectivity index is 2.15. The summed E-state index contributed by atoms with van der Waals surface area (Å²) >= 11 is 6.01. The lowest BCUT2D eigenvalue weighted by atomic mass is 10.2. The summed E-state index contributed by atoms with van der Waals surface area (Å²) < 4.78 is 27.0. The van der Waals surface area contributed by atoms with E-state index < -0.39 is 10.0 Å². The molecule has 1 aromatic carbocycles. The summed E-state index contributed by atoms with van der Waals surface area (Å²) in [5, 5.41) is 3.43. The van der Waals surface area contributed by atoms with Crippen LogP contribution in [0.3, 0.4) is 0 Å². The van der Waals surface area contributed by atoms with Crippen molar-refractivity contribution in [3.63, 3.8) is 0 Å². The van der Waals surface area contributed by atoms with Crippen LogP contribution in [0.25, 0.3) is 0 Å². The minimum Gasteiger partial charge on any atom is -0.313 e. The molecule has 1 saturated carbocycles. The van der Waals surface area contributed by atoms with Gasteiger partial charge >= 0.3 is 0 Å². The normalized spacial score (nSPS) is 15.7. The van der Waals surface area contributed by atoms with Crippen molar-refractivity contribution in [2.75, 3.05) is 13.1 Å². The fraction of sp³-hybridized carbons (Fsp3) is 0.538. The van der Waals surface area contributed by atoms with Gasteiger partial charge in [0, 0.05) is 13.1 Å². The van der Waals surface area contributed by atoms with Gasteiger partial charge in [-0.05, 0) is 43.0 Å². The summed E-state index contributed by atoms with van der Waals surface area (Å²) in [4.78, 5) is 0.171. The molecule has 0 unspecified atom stereocenters. The Hall–Kier alpha value is -0.620. The zero-order valence-corrected chi connectivity index (χ0v) is 12.5. The van der Waals surface area contributed by atoms with E-state index in [-0.39, 0.29) is 9.92 Å². The van der Waals surface area contributed by atoms with Crippen LogP contribution in [0.15, 0.2) is 23.1 Å². The van der Waals surface area contributed by atoms with Crippen LogP contribution in [0.2, 0.25) is 5.02 Å². The summed E-state index contributed by atoms with van der Waals surface area (Å²) in [6, 6.07) is 5.12. The molecule has 1 aromatic rings. The van der Waals surface area contributed by atoms with Crippen LogP contribution in [0, 0.1) is 5.92 Å². The van der Waals surface area contributed by atoms with Crippen molar-refractivity contribution < 1.29 is 8.42 Å². The molecular weight excluding hydrogens is 284 g/mol. The van der Waals surface area contributed by atoms with Crippen LogP contribution in [-0.4, -0.2) is 21.5 Å². The molecule has 19 heavy (non-hydrogen) atoms. The average Bonchev–Trinajstić information content (AvgIpc) is 3.19. The second kappa shape index (κ2) is 6.22. The number of rotatable bonds is 7. The topological polar surface area (TPSA) is 58.2 Å². The Morgan fingerprint density at radius 2 is 2.11 bits per heavy atom. The van der Waals surface area contributed by atoms with Crippen molar-refractivity contribution in [2.45, 2.75) is 31.2 Å². The zero-order valence-electron chi connectivity index (χ0n) is 10.9. The molecule has 4 nitrogen and oxygen atoms in total. The molecule has 0 heterocycles. The summed E-state index contributed by atoms with van der Waals surface area (Å²) in [5.41, 5.74) is 0.915. The molecule has 0 atom stereocenters.